The minimum absolute atomic E-state index is 0.281. The van der Waals surface area contributed by atoms with Crippen molar-refractivity contribution in [3.63, 3.8) is 0 Å². The molecule has 0 aromatic heterocycles. The Hall–Kier alpha value is 0.0900. The maximum absolute atomic E-state index is 11.7. The number of sulfone groups is 1. The average Bonchev–Trinajstić information content (AvgIpc) is 2.26. The van der Waals surface area contributed by atoms with E-state index >= 15 is 0 Å². The third kappa shape index (κ3) is 3.10. The molecular formula is C11H14Br2O3S. The lowest BCUT2D eigenvalue weighted by atomic mass is 10.1. The molecule has 0 saturated heterocycles. The summed E-state index contributed by atoms with van der Waals surface area (Å²) in [6.07, 6.45) is 0.298. The van der Waals surface area contributed by atoms with Gasteiger partial charge in [0.15, 0.2) is 13.5 Å². The lowest BCUT2D eigenvalue weighted by Crippen LogP contribution is -2.37. The summed E-state index contributed by atoms with van der Waals surface area (Å²) >= 11 is 6.47. The number of aliphatic hydroxyl groups excluding tert-OH is 1. The molecule has 96 valence electrons. The fourth-order valence-corrected chi connectivity index (χ4v) is 3.15. The minimum atomic E-state index is -3.42. The number of rotatable bonds is 4. The third-order valence-electron chi connectivity index (χ3n) is 2.69. The Morgan fingerprint density at radius 1 is 1.35 bits per heavy atom. The fraction of sp³-hybridized carbons (Fsp3) is 0.455. The van der Waals surface area contributed by atoms with Crippen molar-refractivity contribution in [2.75, 3.05) is 6.26 Å². The average molecular weight is 386 g/mol. The zero-order valence-electron chi connectivity index (χ0n) is 9.52. The highest BCUT2D eigenvalue weighted by molar-refractivity contribution is 9.11. The highest BCUT2D eigenvalue weighted by atomic mass is 79.9. The smallest absolute Gasteiger partial charge is 0.166 e. The Labute approximate surface area is 118 Å². The Morgan fingerprint density at radius 2 is 1.82 bits per heavy atom. The predicted octanol–water partition coefficient (Wildman–Crippen LogP) is 3.03. The molecule has 17 heavy (non-hydrogen) atoms. The van der Waals surface area contributed by atoms with Gasteiger partial charge in [0, 0.05) is 10.7 Å². The Bertz CT molecular complexity index is 484. The number of aliphatic hydroxyl groups is 1. The molecule has 0 heterocycles. The van der Waals surface area contributed by atoms with Crippen LogP contribution in [-0.4, -0.2) is 23.4 Å². The summed E-state index contributed by atoms with van der Waals surface area (Å²) < 4.78 is 23.0. The van der Waals surface area contributed by atoms with Gasteiger partial charge in [-0.1, -0.05) is 50.9 Å². The van der Waals surface area contributed by atoms with Gasteiger partial charge in [0.25, 0.3) is 0 Å². The number of hydrogen-bond donors (Lipinski definition) is 1. The van der Waals surface area contributed by atoms with Crippen molar-refractivity contribution in [1.82, 2.24) is 0 Å². The largest absolute Gasteiger partial charge is 0.386 e. The molecule has 0 bridgehead atoms. The van der Waals surface area contributed by atoms with E-state index < -0.39 is 19.6 Å². The van der Waals surface area contributed by atoms with Crippen LogP contribution in [0, 0.1) is 0 Å². The van der Waals surface area contributed by atoms with Crippen LogP contribution in [0.25, 0.3) is 0 Å². The molecule has 0 saturated carbocycles. The van der Waals surface area contributed by atoms with Crippen LogP contribution in [0.1, 0.15) is 25.0 Å². The molecule has 0 aliphatic rings. The summed E-state index contributed by atoms with van der Waals surface area (Å²) in [5, 5.41) is 10.2. The van der Waals surface area contributed by atoms with Gasteiger partial charge in [0.05, 0.1) is 0 Å². The predicted molar refractivity (Wildman–Crippen MR) is 75.9 cm³/mol. The Morgan fingerprint density at radius 3 is 2.18 bits per heavy atom. The summed E-state index contributed by atoms with van der Waals surface area (Å²) in [6.45, 7) is 1.72. The highest BCUT2D eigenvalue weighted by Gasteiger charge is 2.44. The number of benzene rings is 1. The molecule has 0 spiro atoms. The number of alkyl halides is 1. The van der Waals surface area contributed by atoms with Gasteiger partial charge in [0.1, 0.15) is 6.10 Å². The fourth-order valence-electron chi connectivity index (χ4n) is 1.55. The summed E-state index contributed by atoms with van der Waals surface area (Å²) in [6, 6.07) is 6.94. The maximum Gasteiger partial charge on any atom is 0.166 e. The quantitative estimate of drug-likeness (QED) is 0.810. The maximum atomic E-state index is 11.7. The van der Waals surface area contributed by atoms with Crippen molar-refractivity contribution in [2.45, 2.75) is 23.1 Å². The van der Waals surface area contributed by atoms with Crippen LogP contribution in [0.4, 0.5) is 0 Å². The van der Waals surface area contributed by atoms with Crippen LogP contribution in [-0.2, 0) is 9.84 Å². The van der Waals surface area contributed by atoms with Gasteiger partial charge >= 0.3 is 0 Å². The molecule has 0 aliphatic carbocycles. The minimum Gasteiger partial charge on any atom is -0.386 e. The van der Waals surface area contributed by atoms with E-state index in [4.69, 9.17) is 0 Å². The van der Waals surface area contributed by atoms with Crippen LogP contribution < -0.4 is 0 Å². The molecule has 3 nitrogen and oxygen atoms in total. The van der Waals surface area contributed by atoms with Crippen LogP contribution in [0.3, 0.4) is 0 Å². The standard InChI is InChI=1S/C11H14Br2O3S/c1-3-11(13,17(2,15)16)10(14)8-4-6-9(12)7-5-8/h4-7,10,14H,3H2,1-2H3. The highest BCUT2D eigenvalue weighted by Crippen LogP contribution is 2.41. The first kappa shape index (κ1) is 15.1. The lowest BCUT2D eigenvalue weighted by Gasteiger charge is -2.29. The molecule has 0 radical (unpaired) electrons. The van der Waals surface area contributed by atoms with E-state index in [2.05, 4.69) is 31.9 Å². The number of hydrogen-bond acceptors (Lipinski definition) is 3. The van der Waals surface area contributed by atoms with E-state index in [1.54, 1.807) is 31.2 Å². The van der Waals surface area contributed by atoms with Gasteiger partial charge in [0.2, 0.25) is 0 Å². The number of halogens is 2. The first-order valence-corrected chi connectivity index (χ1v) is 8.52. The lowest BCUT2D eigenvalue weighted by molar-refractivity contribution is 0.160. The summed E-state index contributed by atoms with van der Waals surface area (Å²) in [4.78, 5) is 0. The molecule has 1 N–H and O–H groups in total. The third-order valence-corrected chi connectivity index (χ3v) is 7.72. The van der Waals surface area contributed by atoms with Gasteiger partial charge < -0.3 is 5.11 Å². The molecule has 2 unspecified atom stereocenters. The van der Waals surface area contributed by atoms with Crippen LogP contribution >= 0.6 is 31.9 Å². The second-order valence-electron chi connectivity index (χ2n) is 3.87. The monoisotopic (exact) mass is 384 g/mol. The summed E-state index contributed by atoms with van der Waals surface area (Å²) in [7, 11) is -3.42. The van der Waals surface area contributed by atoms with Gasteiger partial charge in [-0.25, -0.2) is 8.42 Å². The van der Waals surface area contributed by atoms with Crippen molar-refractivity contribution in [2.24, 2.45) is 0 Å². The van der Waals surface area contributed by atoms with E-state index in [1.807, 2.05) is 0 Å². The van der Waals surface area contributed by atoms with E-state index in [1.165, 1.54) is 0 Å². The second-order valence-corrected chi connectivity index (χ2v) is 8.99. The van der Waals surface area contributed by atoms with Crippen molar-refractivity contribution < 1.29 is 13.5 Å². The van der Waals surface area contributed by atoms with Crippen molar-refractivity contribution >= 4 is 41.7 Å². The van der Waals surface area contributed by atoms with Crippen LogP contribution in [0.5, 0.6) is 0 Å². The van der Waals surface area contributed by atoms with Crippen molar-refractivity contribution in [1.29, 1.82) is 0 Å². The van der Waals surface area contributed by atoms with E-state index in [9.17, 15) is 13.5 Å². The van der Waals surface area contributed by atoms with Gasteiger partial charge in [-0.15, -0.1) is 0 Å². The summed E-state index contributed by atoms with van der Waals surface area (Å²) in [5.41, 5.74) is 0.567. The van der Waals surface area contributed by atoms with Gasteiger partial charge in [-0.05, 0) is 24.1 Å². The van der Waals surface area contributed by atoms with Crippen molar-refractivity contribution in [3.05, 3.63) is 34.3 Å². The van der Waals surface area contributed by atoms with Crippen LogP contribution in [0.2, 0.25) is 0 Å². The molecule has 0 fully saturated rings. The summed E-state index contributed by atoms with van der Waals surface area (Å²) in [5.74, 6) is 0. The first-order chi connectivity index (χ1) is 7.72. The Balaban J connectivity index is 3.19. The van der Waals surface area contributed by atoms with E-state index in [0.29, 0.717) is 5.56 Å². The molecule has 0 aliphatic heterocycles. The molecule has 0 amide bonds. The van der Waals surface area contributed by atoms with E-state index in [-0.39, 0.29) is 6.42 Å². The second kappa shape index (κ2) is 5.38. The molecule has 2 atom stereocenters. The van der Waals surface area contributed by atoms with E-state index in [0.717, 1.165) is 10.7 Å². The SMILES string of the molecule is CCC(Br)(C(O)c1ccc(Br)cc1)S(C)(=O)=O. The topological polar surface area (TPSA) is 54.4 Å². The first-order valence-electron chi connectivity index (χ1n) is 5.04. The van der Waals surface area contributed by atoms with Gasteiger partial charge in [-0.2, -0.15) is 0 Å². The van der Waals surface area contributed by atoms with Crippen molar-refractivity contribution in [3.8, 4) is 0 Å². The zero-order chi connectivity index (χ0) is 13.3. The zero-order valence-corrected chi connectivity index (χ0v) is 13.5. The molecular weight excluding hydrogens is 372 g/mol. The molecule has 1 aromatic carbocycles. The molecule has 1 aromatic rings. The molecule has 6 heteroatoms. The van der Waals surface area contributed by atoms with Gasteiger partial charge in [-0.3, -0.25) is 0 Å². The molecule has 1 rings (SSSR count). The van der Waals surface area contributed by atoms with Crippen LogP contribution in [0.15, 0.2) is 28.7 Å². The normalized spacial score (nSPS) is 17.5. The Kier molecular flexibility index (Phi) is 4.80.